The van der Waals surface area contributed by atoms with Gasteiger partial charge in [0, 0.05) is 48.3 Å². The molecule has 1 fully saturated rings. The Morgan fingerprint density at radius 2 is 1.59 bits per heavy atom. The van der Waals surface area contributed by atoms with Crippen LogP contribution in [0.25, 0.3) is 10.9 Å². The highest BCUT2D eigenvalue weighted by molar-refractivity contribution is 6.30. The number of fused-ring (bicyclic) bond motifs is 1. The van der Waals surface area contributed by atoms with Crippen molar-refractivity contribution in [1.29, 1.82) is 0 Å². The van der Waals surface area contributed by atoms with Crippen molar-refractivity contribution in [2.75, 3.05) is 52.8 Å². The van der Waals surface area contributed by atoms with E-state index in [9.17, 15) is 9.59 Å². The zero-order valence-corrected chi connectivity index (χ0v) is 20.1. The number of hydrogen-bond donors (Lipinski definition) is 2. The molecule has 1 aromatic heterocycles. The molecule has 0 atom stereocenters. The number of aromatic nitrogens is 1. The Morgan fingerprint density at radius 1 is 0.912 bits per heavy atom. The maximum absolute atomic E-state index is 13.3. The number of carbonyl (C=O) groups excluding carboxylic acids is 2. The fraction of sp³-hybridized carbons (Fsp3) is 0.333. The zero-order valence-electron chi connectivity index (χ0n) is 19.3. The van der Waals surface area contributed by atoms with Gasteiger partial charge in [0.05, 0.1) is 26.8 Å². The van der Waals surface area contributed by atoms with Crippen LogP contribution in [0.1, 0.15) is 16.9 Å². The maximum atomic E-state index is 13.3. The molecule has 180 valence electrons. The molecule has 3 aromatic rings. The Bertz CT molecular complexity index is 1190. The van der Waals surface area contributed by atoms with E-state index in [0.717, 1.165) is 5.39 Å². The molecule has 0 saturated carbocycles. The van der Waals surface area contributed by atoms with E-state index in [4.69, 9.17) is 25.8 Å². The van der Waals surface area contributed by atoms with Crippen LogP contribution in [-0.2, 0) is 0 Å². The molecule has 0 aliphatic carbocycles. The van der Waals surface area contributed by atoms with Crippen LogP contribution < -0.4 is 19.5 Å². The van der Waals surface area contributed by atoms with Crippen LogP contribution in [0.2, 0.25) is 5.02 Å². The summed E-state index contributed by atoms with van der Waals surface area (Å²) in [6.07, 6.45) is 0.667. The summed E-state index contributed by atoms with van der Waals surface area (Å²) < 4.78 is 16.4. The summed E-state index contributed by atoms with van der Waals surface area (Å²) in [5.74, 6) is 1.42. The number of hydrogen-bond acceptors (Lipinski definition) is 5. The van der Waals surface area contributed by atoms with Crippen LogP contribution in [0.3, 0.4) is 0 Å². The van der Waals surface area contributed by atoms with Gasteiger partial charge in [-0.25, -0.2) is 4.79 Å². The number of nitrogens with zero attached hydrogens (tertiary/aromatic N) is 2. The molecule has 34 heavy (non-hydrogen) atoms. The van der Waals surface area contributed by atoms with Crippen LogP contribution in [0.5, 0.6) is 17.2 Å². The number of methoxy groups -OCH3 is 3. The predicted molar refractivity (Wildman–Crippen MR) is 131 cm³/mol. The molecule has 0 spiro atoms. The van der Waals surface area contributed by atoms with Gasteiger partial charge in [-0.2, -0.15) is 0 Å². The summed E-state index contributed by atoms with van der Waals surface area (Å²) in [6, 6.07) is 10.2. The molecule has 1 saturated heterocycles. The standard InChI is InChI=1S/C24H27ClN4O5/c1-32-19-14-20(33-2)22(34-3)21-17(19)13-18(27-21)23(30)28-9-4-10-29(12-11-28)24(31)26-16-7-5-15(25)6-8-16/h5-8,13-14,27H,4,9-12H2,1-3H3,(H,26,31). The molecule has 0 radical (unpaired) electrons. The molecular weight excluding hydrogens is 460 g/mol. The van der Waals surface area contributed by atoms with Crippen molar-refractivity contribution in [2.24, 2.45) is 0 Å². The zero-order chi connectivity index (χ0) is 24.2. The van der Waals surface area contributed by atoms with Crippen LogP contribution >= 0.6 is 11.6 Å². The Labute approximate surface area is 202 Å². The average Bonchev–Trinajstić information content (AvgIpc) is 3.14. The monoisotopic (exact) mass is 486 g/mol. The molecule has 0 unspecified atom stereocenters. The number of halogens is 1. The molecule has 3 amide bonds. The number of aromatic amines is 1. The summed E-state index contributed by atoms with van der Waals surface area (Å²) in [7, 11) is 4.66. The van der Waals surface area contributed by atoms with E-state index in [2.05, 4.69) is 10.3 Å². The van der Waals surface area contributed by atoms with Crippen LogP contribution in [0, 0.1) is 0 Å². The second kappa shape index (κ2) is 10.1. The topological polar surface area (TPSA) is 96.1 Å². The SMILES string of the molecule is COc1cc(OC)c2cc(C(=O)N3CCCN(C(=O)Nc4ccc(Cl)cc4)CC3)[nH]c2c1OC. The predicted octanol–water partition coefficient (Wildman–Crippen LogP) is 4.23. The Kier molecular flexibility index (Phi) is 7.02. The third kappa shape index (κ3) is 4.70. The van der Waals surface area contributed by atoms with Crippen LogP contribution in [0.4, 0.5) is 10.5 Å². The summed E-state index contributed by atoms with van der Waals surface area (Å²) in [6.45, 7) is 1.93. The number of carbonyl (C=O) groups is 2. The third-order valence-electron chi connectivity index (χ3n) is 5.84. The Morgan fingerprint density at radius 3 is 2.26 bits per heavy atom. The number of H-pyrrole nitrogens is 1. The lowest BCUT2D eigenvalue weighted by Crippen LogP contribution is -2.39. The van der Waals surface area contributed by atoms with E-state index in [1.165, 1.54) is 0 Å². The van der Waals surface area contributed by atoms with Crippen molar-refractivity contribution >= 4 is 40.1 Å². The fourth-order valence-corrected chi connectivity index (χ4v) is 4.21. The molecule has 1 aliphatic rings. The van der Waals surface area contributed by atoms with Gasteiger partial charge >= 0.3 is 6.03 Å². The summed E-state index contributed by atoms with van der Waals surface area (Å²) >= 11 is 5.91. The molecule has 10 heteroatoms. The Balaban J connectivity index is 1.49. The molecule has 2 aromatic carbocycles. The summed E-state index contributed by atoms with van der Waals surface area (Å²) in [5.41, 5.74) is 1.71. The van der Waals surface area contributed by atoms with Gasteiger partial charge in [-0.15, -0.1) is 0 Å². The van der Waals surface area contributed by atoms with Crippen molar-refractivity contribution < 1.29 is 23.8 Å². The van der Waals surface area contributed by atoms with Gasteiger partial charge in [0.15, 0.2) is 11.5 Å². The lowest BCUT2D eigenvalue weighted by Gasteiger charge is -2.22. The van der Waals surface area contributed by atoms with E-state index < -0.39 is 0 Å². The molecule has 4 rings (SSSR count). The van der Waals surface area contributed by atoms with E-state index in [-0.39, 0.29) is 11.9 Å². The smallest absolute Gasteiger partial charge is 0.321 e. The number of benzene rings is 2. The number of nitrogens with one attached hydrogen (secondary N) is 2. The molecule has 2 heterocycles. The fourth-order valence-electron chi connectivity index (χ4n) is 4.08. The summed E-state index contributed by atoms with van der Waals surface area (Å²) in [4.78, 5) is 32.7. The highest BCUT2D eigenvalue weighted by Crippen LogP contribution is 2.41. The van der Waals surface area contributed by atoms with Gasteiger partial charge in [0.1, 0.15) is 11.4 Å². The Hall–Kier alpha value is -3.59. The number of amides is 3. The van der Waals surface area contributed by atoms with E-state index >= 15 is 0 Å². The summed E-state index contributed by atoms with van der Waals surface area (Å²) in [5, 5.41) is 4.20. The second-order valence-electron chi connectivity index (χ2n) is 7.86. The van der Waals surface area contributed by atoms with Gasteiger partial charge < -0.3 is 34.3 Å². The van der Waals surface area contributed by atoms with E-state index in [1.54, 1.807) is 67.5 Å². The molecule has 2 N–H and O–H groups in total. The van der Waals surface area contributed by atoms with Crippen molar-refractivity contribution in [3.05, 3.63) is 47.1 Å². The molecule has 9 nitrogen and oxygen atoms in total. The average molecular weight is 487 g/mol. The van der Waals surface area contributed by atoms with Crippen molar-refractivity contribution in [3.63, 3.8) is 0 Å². The third-order valence-corrected chi connectivity index (χ3v) is 6.09. The van der Waals surface area contributed by atoms with Gasteiger partial charge in [0.2, 0.25) is 0 Å². The van der Waals surface area contributed by atoms with Crippen LogP contribution in [0.15, 0.2) is 36.4 Å². The molecule has 0 bridgehead atoms. The minimum absolute atomic E-state index is 0.153. The van der Waals surface area contributed by atoms with Gasteiger partial charge in [0.25, 0.3) is 5.91 Å². The van der Waals surface area contributed by atoms with Crippen LogP contribution in [-0.4, -0.2) is 74.2 Å². The highest BCUT2D eigenvalue weighted by atomic mass is 35.5. The van der Waals surface area contributed by atoms with Crippen molar-refractivity contribution in [1.82, 2.24) is 14.8 Å². The van der Waals surface area contributed by atoms with Crippen molar-refractivity contribution in [3.8, 4) is 17.2 Å². The molecular formula is C24H27ClN4O5. The van der Waals surface area contributed by atoms with Gasteiger partial charge in [-0.3, -0.25) is 4.79 Å². The highest BCUT2D eigenvalue weighted by Gasteiger charge is 2.26. The number of urea groups is 1. The molecule has 1 aliphatic heterocycles. The number of rotatable bonds is 5. The minimum Gasteiger partial charge on any atom is -0.496 e. The quantitative estimate of drug-likeness (QED) is 0.562. The van der Waals surface area contributed by atoms with Crippen molar-refractivity contribution in [2.45, 2.75) is 6.42 Å². The normalized spacial score (nSPS) is 14.0. The van der Waals surface area contributed by atoms with Gasteiger partial charge in [-0.1, -0.05) is 11.6 Å². The number of ether oxygens (including phenoxy) is 3. The lowest BCUT2D eigenvalue weighted by atomic mass is 10.2. The first-order valence-electron chi connectivity index (χ1n) is 10.9. The first-order chi connectivity index (χ1) is 16.4. The first kappa shape index (κ1) is 23.6. The number of anilines is 1. The van der Waals surface area contributed by atoms with E-state index in [0.29, 0.717) is 71.8 Å². The maximum Gasteiger partial charge on any atom is 0.321 e. The van der Waals surface area contributed by atoms with Gasteiger partial charge in [-0.05, 0) is 36.8 Å². The lowest BCUT2D eigenvalue weighted by molar-refractivity contribution is 0.0758. The first-order valence-corrected chi connectivity index (χ1v) is 11.3. The van der Waals surface area contributed by atoms with E-state index in [1.807, 2.05) is 0 Å². The minimum atomic E-state index is -0.205. The largest absolute Gasteiger partial charge is 0.496 e. The second-order valence-corrected chi connectivity index (χ2v) is 8.29.